The van der Waals surface area contributed by atoms with Gasteiger partial charge in [-0.1, -0.05) is 0 Å². The van der Waals surface area contributed by atoms with Crippen LogP contribution < -0.4 is 0 Å². The Labute approximate surface area is 117 Å². The predicted octanol–water partition coefficient (Wildman–Crippen LogP) is 0.787. The second-order valence-electron chi connectivity index (χ2n) is 4.58. The fourth-order valence-electron chi connectivity index (χ4n) is 1.94. The molecule has 1 aromatic carbocycles. The van der Waals surface area contributed by atoms with E-state index in [9.17, 15) is 28.5 Å². The molecule has 21 heavy (non-hydrogen) atoms. The molecule has 1 aliphatic heterocycles. The van der Waals surface area contributed by atoms with E-state index in [-0.39, 0.29) is 25.5 Å². The van der Waals surface area contributed by atoms with Crippen molar-refractivity contribution in [1.29, 1.82) is 0 Å². The standard InChI is InChI=1S/C12H11F2N3O4/c1-15-2-3-16(6-11(15)18)12(19)7-4-9(14)10(17(20)21)5-8(7)13/h4-5H,2-3,6H2,1H3. The molecule has 0 aliphatic carbocycles. The zero-order chi connectivity index (χ0) is 15.7. The number of hydrogen-bond donors (Lipinski definition) is 0. The molecule has 2 rings (SSSR count). The van der Waals surface area contributed by atoms with Crippen LogP contribution in [0.5, 0.6) is 0 Å². The van der Waals surface area contributed by atoms with Crippen molar-refractivity contribution in [2.45, 2.75) is 0 Å². The van der Waals surface area contributed by atoms with Gasteiger partial charge in [-0.2, -0.15) is 4.39 Å². The zero-order valence-electron chi connectivity index (χ0n) is 11.0. The number of rotatable bonds is 2. The van der Waals surface area contributed by atoms with Gasteiger partial charge >= 0.3 is 5.69 Å². The summed E-state index contributed by atoms with van der Waals surface area (Å²) in [5.41, 5.74) is -1.67. The van der Waals surface area contributed by atoms with Crippen molar-refractivity contribution in [1.82, 2.24) is 9.80 Å². The van der Waals surface area contributed by atoms with Gasteiger partial charge in [0.05, 0.1) is 16.6 Å². The van der Waals surface area contributed by atoms with Gasteiger partial charge in [0.25, 0.3) is 5.91 Å². The average Bonchev–Trinajstić information content (AvgIpc) is 2.43. The molecule has 0 bridgehead atoms. The van der Waals surface area contributed by atoms with Gasteiger partial charge in [-0.25, -0.2) is 4.39 Å². The lowest BCUT2D eigenvalue weighted by Crippen LogP contribution is -2.50. The van der Waals surface area contributed by atoms with Crippen LogP contribution in [0.1, 0.15) is 10.4 Å². The lowest BCUT2D eigenvalue weighted by atomic mass is 10.1. The number of nitro benzene ring substituents is 1. The van der Waals surface area contributed by atoms with Gasteiger partial charge in [-0.3, -0.25) is 19.7 Å². The van der Waals surface area contributed by atoms with Crippen molar-refractivity contribution in [2.75, 3.05) is 26.7 Å². The normalized spacial score (nSPS) is 15.3. The van der Waals surface area contributed by atoms with E-state index in [1.807, 2.05) is 0 Å². The Balaban J connectivity index is 2.30. The molecular weight excluding hydrogens is 288 g/mol. The van der Waals surface area contributed by atoms with Crippen LogP contribution in [0.15, 0.2) is 12.1 Å². The van der Waals surface area contributed by atoms with Crippen molar-refractivity contribution in [3.63, 3.8) is 0 Å². The van der Waals surface area contributed by atoms with Crippen molar-refractivity contribution in [3.05, 3.63) is 39.4 Å². The van der Waals surface area contributed by atoms with Crippen molar-refractivity contribution < 1.29 is 23.3 Å². The maximum absolute atomic E-state index is 13.8. The topological polar surface area (TPSA) is 83.8 Å². The van der Waals surface area contributed by atoms with Gasteiger partial charge in [0.1, 0.15) is 12.4 Å². The van der Waals surface area contributed by atoms with Crippen LogP contribution in [0.25, 0.3) is 0 Å². The van der Waals surface area contributed by atoms with E-state index in [2.05, 4.69) is 0 Å². The maximum atomic E-state index is 13.8. The van der Waals surface area contributed by atoms with Crippen LogP contribution in [0, 0.1) is 21.7 Å². The Kier molecular flexibility index (Phi) is 3.83. The summed E-state index contributed by atoms with van der Waals surface area (Å²) in [4.78, 5) is 35.5. The number of carbonyl (C=O) groups excluding carboxylic acids is 2. The molecule has 0 aromatic heterocycles. The number of hydrogen-bond acceptors (Lipinski definition) is 4. The van der Waals surface area contributed by atoms with Crippen molar-refractivity contribution >= 4 is 17.5 Å². The second-order valence-corrected chi connectivity index (χ2v) is 4.58. The van der Waals surface area contributed by atoms with Crippen LogP contribution in [-0.2, 0) is 4.79 Å². The second kappa shape index (κ2) is 5.43. The van der Waals surface area contributed by atoms with Gasteiger partial charge in [0.15, 0.2) is 0 Å². The molecule has 2 amide bonds. The number of halogens is 2. The number of carbonyl (C=O) groups is 2. The zero-order valence-corrected chi connectivity index (χ0v) is 11.0. The lowest BCUT2D eigenvalue weighted by Gasteiger charge is -2.32. The lowest BCUT2D eigenvalue weighted by molar-refractivity contribution is -0.387. The minimum absolute atomic E-state index is 0.180. The summed E-state index contributed by atoms with van der Waals surface area (Å²) in [7, 11) is 1.57. The molecule has 1 fully saturated rings. The molecule has 1 aliphatic rings. The highest BCUT2D eigenvalue weighted by Gasteiger charge is 2.29. The van der Waals surface area contributed by atoms with Gasteiger partial charge in [-0.05, 0) is 6.07 Å². The SMILES string of the molecule is CN1CCN(C(=O)c2cc(F)c([N+](=O)[O-])cc2F)CC1=O. The maximum Gasteiger partial charge on any atom is 0.307 e. The summed E-state index contributed by atoms with van der Waals surface area (Å²) >= 11 is 0. The highest BCUT2D eigenvalue weighted by Crippen LogP contribution is 2.22. The van der Waals surface area contributed by atoms with Crippen molar-refractivity contribution in [2.24, 2.45) is 0 Å². The number of nitro groups is 1. The fraction of sp³-hybridized carbons (Fsp3) is 0.333. The van der Waals surface area contributed by atoms with E-state index in [0.717, 1.165) is 4.90 Å². The highest BCUT2D eigenvalue weighted by atomic mass is 19.1. The third kappa shape index (κ3) is 2.81. The van der Waals surface area contributed by atoms with Crippen molar-refractivity contribution in [3.8, 4) is 0 Å². The van der Waals surface area contributed by atoms with E-state index in [4.69, 9.17) is 0 Å². The molecule has 7 nitrogen and oxygen atoms in total. The first-order valence-electron chi connectivity index (χ1n) is 5.98. The number of nitrogens with zero attached hydrogens (tertiary/aromatic N) is 3. The minimum Gasteiger partial charge on any atom is -0.342 e. The van der Waals surface area contributed by atoms with E-state index < -0.39 is 33.7 Å². The third-order valence-electron chi connectivity index (χ3n) is 3.21. The quantitative estimate of drug-likeness (QED) is 0.597. The first-order valence-corrected chi connectivity index (χ1v) is 5.98. The van der Waals surface area contributed by atoms with Crippen LogP contribution in [0.4, 0.5) is 14.5 Å². The molecule has 0 N–H and O–H groups in total. The molecule has 1 aromatic rings. The van der Waals surface area contributed by atoms with Crippen LogP contribution in [0.2, 0.25) is 0 Å². The molecule has 1 saturated heterocycles. The molecule has 0 saturated carbocycles. The summed E-state index contributed by atoms with van der Waals surface area (Å²) in [6.07, 6.45) is 0. The highest BCUT2D eigenvalue weighted by molar-refractivity contribution is 5.97. The summed E-state index contributed by atoms with van der Waals surface area (Å²) in [6, 6.07) is 0.846. The van der Waals surface area contributed by atoms with Crippen LogP contribution in [0.3, 0.4) is 0 Å². The Morgan fingerprint density at radius 1 is 1.29 bits per heavy atom. The van der Waals surface area contributed by atoms with E-state index in [1.165, 1.54) is 4.90 Å². The van der Waals surface area contributed by atoms with Gasteiger partial charge in [-0.15, -0.1) is 0 Å². The number of piperazine rings is 1. The molecular formula is C12H11F2N3O4. The number of amides is 2. The van der Waals surface area contributed by atoms with Crippen LogP contribution >= 0.6 is 0 Å². The number of likely N-dealkylation sites (N-methyl/N-ethyl adjacent to an activating group) is 1. The summed E-state index contributed by atoms with van der Waals surface area (Å²) in [5, 5.41) is 10.5. The van der Waals surface area contributed by atoms with E-state index in [1.54, 1.807) is 7.05 Å². The molecule has 0 radical (unpaired) electrons. The molecule has 1 heterocycles. The average molecular weight is 299 g/mol. The molecule has 9 heteroatoms. The largest absolute Gasteiger partial charge is 0.342 e. The minimum atomic E-state index is -1.30. The Morgan fingerprint density at radius 3 is 2.52 bits per heavy atom. The fourth-order valence-corrected chi connectivity index (χ4v) is 1.94. The van der Waals surface area contributed by atoms with Crippen LogP contribution in [-0.4, -0.2) is 53.2 Å². The number of benzene rings is 1. The first kappa shape index (κ1) is 14.8. The van der Waals surface area contributed by atoms with Gasteiger partial charge < -0.3 is 9.80 Å². The van der Waals surface area contributed by atoms with E-state index in [0.29, 0.717) is 12.1 Å². The molecule has 0 spiro atoms. The Morgan fingerprint density at radius 2 is 1.95 bits per heavy atom. The summed E-state index contributed by atoms with van der Waals surface area (Å²) in [6.45, 7) is 0.216. The smallest absolute Gasteiger partial charge is 0.307 e. The Bertz CT molecular complexity index is 635. The summed E-state index contributed by atoms with van der Waals surface area (Å²) < 4.78 is 27.2. The molecule has 112 valence electrons. The molecule has 0 unspecified atom stereocenters. The van der Waals surface area contributed by atoms with Gasteiger partial charge in [0, 0.05) is 20.1 Å². The Hall–Kier alpha value is -2.58. The third-order valence-corrected chi connectivity index (χ3v) is 3.21. The first-order chi connectivity index (χ1) is 9.81. The monoisotopic (exact) mass is 299 g/mol. The van der Waals surface area contributed by atoms with Gasteiger partial charge in [0.2, 0.25) is 11.7 Å². The predicted molar refractivity (Wildman–Crippen MR) is 66.6 cm³/mol. The molecule has 0 atom stereocenters. The van der Waals surface area contributed by atoms with E-state index >= 15 is 0 Å². The summed E-state index contributed by atoms with van der Waals surface area (Å²) in [5.74, 6) is -3.69.